The maximum absolute atomic E-state index is 15.3. The van der Waals surface area contributed by atoms with Crippen LogP contribution >= 0.6 is 0 Å². The van der Waals surface area contributed by atoms with Crippen LogP contribution in [0.5, 0.6) is 5.75 Å². The first kappa shape index (κ1) is 26.7. The lowest BCUT2D eigenvalue weighted by Crippen LogP contribution is -2.17. The van der Waals surface area contributed by atoms with Crippen LogP contribution in [-0.4, -0.2) is 6.36 Å². The van der Waals surface area contributed by atoms with Gasteiger partial charge in [0.1, 0.15) is 5.82 Å². The van der Waals surface area contributed by atoms with Crippen molar-refractivity contribution in [3.05, 3.63) is 58.7 Å². The number of rotatable bonds is 9. The summed E-state index contributed by atoms with van der Waals surface area (Å²) in [6, 6.07) is 6.42. The van der Waals surface area contributed by atoms with Crippen LogP contribution in [0.2, 0.25) is 0 Å². The van der Waals surface area contributed by atoms with Gasteiger partial charge in [0.25, 0.3) is 0 Å². The Morgan fingerprint density at radius 2 is 1.61 bits per heavy atom. The molecule has 0 bridgehead atoms. The number of hydrogen-bond acceptors (Lipinski definition) is 1. The fraction of sp³-hybridized carbons (Fsp3) is 0.533. The molecule has 0 heterocycles. The van der Waals surface area contributed by atoms with Gasteiger partial charge < -0.3 is 4.74 Å². The minimum absolute atomic E-state index is 0.179. The molecule has 2 aliphatic rings. The summed E-state index contributed by atoms with van der Waals surface area (Å²) in [5.74, 6) is -0.852. The van der Waals surface area contributed by atoms with Gasteiger partial charge in [-0.05, 0) is 66.3 Å². The Hall–Kier alpha value is -2.37. The van der Waals surface area contributed by atoms with Gasteiger partial charge in [-0.25, -0.2) is 8.78 Å². The summed E-state index contributed by atoms with van der Waals surface area (Å²) < 4.78 is 70.4. The minimum Gasteiger partial charge on any atom is -0.403 e. The second kappa shape index (κ2) is 11.8. The van der Waals surface area contributed by atoms with Crippen molar-refractivity contribution in [2.24, 2.45) is 11.8 Å². The lowest BCUT2D eigenvalue weighted by Gasteiger charge is -2.29. The first-order valence-corrected chi connectivity index (χ1v) is 13.3. The molecule has 2 aromatic rings. The van der Waals surface area contributed by atoms with E-state index in [1.165, 1.54) is 69.4 Å². The van der Waals surface area contributed by atoms with E-state index in [4.69, 9.17) is 0 Å². The van der Waals surface area contributed by atoms with Crippen LogP contribution < -0.4 is 4.74 Å². The maximum Gasteiger partial charge on any atom is 0.573 e. The maximum atomic E-state index is 15.3. The van der Waals surface area contributed by atoms with Crippen LogP contribution in [0.4, 0.5) is 22.0 Å². The Morgan fingerprint density at radius 1 is 0.889 bits per heavy atom. The van der Waals surface area contributed by atoms with E-state index < -0.39 is 23.7 Å². The molecule has 2 aliphatic carbocycles. The third-order valence-electron chi connectivity index (χ3n) is 7.86. The van der Waals surface area contributed by atoms with Crippen LogP contribution in [0.3, 0.4) is 0 Å². The van der Waals surface area contributed by atoms with E-state index >= 15 is 4.39 Å². The summed E-state index contributed by atoms with van der Waals surface area (Å²) in [5, 5.41) is 0. The zero-order chi connectivity index (χ0) is 25.7. The van der Waals surface area contributed by atoms with Crippen molar-refractivity contribution < 1.29 is 26.7 Å². The third kappa shape index (κ3) is 6.89. The quantitative estimate of drug-likeness (QED) is 0.243. The average Bonchev–Trinajstić information content (AvgIpc) is 2.84. The molecule has 2 aromatic carbocycles. The molecule has 196 valence electrons. The molecular weight excluding hydrogens is 471 g/mol. The molecule has 0 radical (unpaired) electrons. The van der Waals surface area contributed by atoms with Crippen molar-refractivity contribution in [3.63, 3.8) is 0 Å². The molecule has 4 rings (SSSR count). The van der Waals surface area contributed by atoms with Crippen molar-refractivity contribution in [1.82, 2.24) is 0 Å². The molecule has 0 N–H and O–H groups in total. The second-order valence-electron chi connectivity index (χ2n) is 10.4. The standard InChI is InChI=1S/C30H35F5O/c1-2-3-4-5-20-6-8-21(9-7-20)10-11-22-12-15-25-23(18-22)13-16-26(29(25)32)24-14-17-28(27(31)19-24)36-30(33,34)35/h13-14,16-21H,2-12,15H2,1H3. The topological polar surface area (TPSA) is 9.23 Å². The number of halogens is 5. The fourth-order valence-corrected chi connectivity index (χ4v) is 5.78. The summed E-state index contributed by atoms with van der Waals surface area (Å²) >= 11 is 0. The highest BCUT2D eigenvalue weighted by molar-refractivity contribution is 5.71. The van der Waals surface area contributed by atoms with Crippen molar-refractivity contribution in [2.75, 3.05) is 0 Å². The molecule has 0 atom stereocenters. The molecule has 0 aliphatic heterocycles. The summed E-state index contributed by atoms with van der Waals surface area (Å²) in [6.45, 7) is 2.25. The fourth-order valence-electron chi connectivity index (χ4n) is 5.78. The summed E-state index contributed by atoms with van der Waals surface area (Å²) in [6.07, 6.45) is 11.4. The van der Waals surface area contributed by atoms with E-state index in [0.29, 0.717) is 12.0 Å². The van der Waals surface area contributed by atoms with Gasteiger partial charge in [0, 0.05) is 5.56 Å². The van der Waals surface area contributed by atoms with Crippen LogP contribution in [0.1, 0.15) is 88.7 Å². The highest BCUT2D eigenvalue weighted by Gasteiger charge is 2.32. The third-order valence-corrected chi connectivity index (χ3v) is 7.86. The molecule has 0 spiro atoms. The first-order chi connectivity index (χ1) is 17.2. The van der Waals surface area contributed by atoms with Gasteiger partial charge in [-0.2, -0.15) is 0 Å². The van der Waals surface area contributed by atoms with Crippen LogP contribution in [-0.2, 0) is 6.42 Å². The largest absolute Gasteiger partial charge is 0.573 e. The molecule has 6 heteroatoms. The van der Waals surface area contributed by atoms with Crippen LogP contribution in [0, 0.1) is 23.5 Å². The Labute approximate surface area is 210 Å². The summed E-state index contributed by atoms with van der Waals surface area (Å²) in [7, 11) is 0. The zero-order valence-corrected chi connectivity index (χ0v) is 20.9. The Kier molecular flexibility index (Phi) is 8.74. The number of hydrogen-bond donors (Lipinski definition) is 0. The van der Waals surface area contributed by atoms with Gasteiger partial charge in [-0.3, -0.25) is 0 Å². The molecule has 0 saturated heterocycles. The van der Waals surface area contributed by atoms with Gasteiger partial charge in [-0.15, -0.1) is 13.2 Å². The lowest BCUT2D eigenvalue weighted by atomic mass is 9.77. The molecule has 36 heavy (non-hydrogen) atoms. The first-order valence-electron chi connectivity index (χ1n) is 13.3. The van der Waals surface area contributed by atoms with Crippen molar-refractivity contribution >= 4 is 6.08 Å². The van der Waals surface area contributed by atoms with Gasteiger partial charge in [-0.1, -0.05) is 88.1 Å². The van der Waals surface area contributed by atoms with E-state index in [9.17, 15) is 17.6 Å². The van der Waals surface area contributed by atoms with E-state index in [2.05, 4.69) is 17.7 Å². The molecule has 1 saturated carbocycles. The molecular formula is C30H35F5O. The summed E-state index contributed by atoms with van der Waals surface area (Å²) in [4.78, 5) is 0. The van der Waals surface area contributed by atoms with E-state index in [-0.39, 0.29) is 11.1 Å². The predicted octanol–water partition coefficient (Wildman–Crippen LogP) is 10.0. The Bertz CT molecular complexity index is 1060. The van der Waals surface area contributed by atoms with Gasteiger partial charge in [0.15, 0.2) is 11.6 Å². The minimum atomic E-state index is -4.99. The molecule has 0 unspecified atom stereocenters. The van der Waals surface area contributed by atoms with E-state index in [1.54, 1.807) is 6.07 Å². The number of benzene rings is 2. The highest BCUT2D eigenvalue weighted by atomic mass is 19.4. The van der Waals surface area contributed by atoms with Gasteiger partial charge in [0.2, 0.25) is 0 Å². The van der Waals surface area contributed by atoms with E-state index in [0.717, 1.165) is 42.4 Å². The van der Waals surface area contributed by atoms with E-state index in [1.807, 2.05) is 6.07 Å². The molecule has 0 amide bonds. The van der Waals surface area contributed by atoms with Crippen molar-refractivity contribution in [1.29, 1.82) is 0 Å². The van der Waals surface area contributed by atoms with Gasteiger partial charge in [0.05, 0.1) is 0 Å². The Morgan fingerprint density at radius 3 is 2.28 bits per heavy atom. The molecule has 0 aromatic heterocycles. The van der Waals surface area contributed by atoms with Crippen LogP contribution in [0.15, 0.2) is 35.9 Å². The van der Waals surface area contributed by atoms with Crippen molar-refractivity contribution in [3.8, 4) is 16.9 Å². The summed E-state index contributed by atoms with van der Waals surface area (Å²) in [5.41, 5.74) is 3.13. The average molecular weight is 507 g/mol. The van der Waals surface area contributed by atoms with Crippen LogP contribution in [0.25, 0.3) is 17.2 Å². The second-order valence-corrected chi connectivity index (χ2v) is 10.4. The monoisotopic (exact) mass is 506 g/mol. The normalized spacial score (nSPS) is 20.1. The number of ether oxygens (including phenoxy) is 1. The number of allylic oxidation sites excluding steroid dienone is 1. The smallest absolute Gasteiger partial charge is 0.403 e. The number of fused-ring (bicyclic) bond motifs is 1. The SMILES string of the molecule is CCCCCC1CCC(CCC2=Cc3ccc(-c4ccc(OC(F)(F)F)c(F)c4)c(F)c3CC2)CC1. The zero-order valence-electron chi connectivity index (χ0n) is 20.9. The van der Waals surface area contributed by atoms with Gasteiger partial charge >= 0.3 is 6.36 Å². The number of alkyl halides is 3. The highest BCUT2D eigenvalue weighted by Crippen LogP contribution is 2.38. The Balaban J connectivity index is 1.37. The number of unbranched alkanes of at least 4 members (excludes halogenated alkanes) is 2. The van der Waals surface area contributed by atoms with Crippen molar-refractivity contribution in [2.45, 2.75) is 90.3 Å². The molecule has 1 fully saturated rings. The predicted molar refractivity (Wildman–Crippen MR) is 134 cm³/mol. The lowest BCUT2D eigenvalue weighted by molar-refractivity contribution is -0.275. The molecule has 1 nitrogen and oxygen atoms in total.